The molecule has 0 saturated heterocycles. The molecule has 0 unspecified atom stereocenters. The molecule has 1 fully saturated rings. The van der Waals surface area contributed by atoms with Crippen LogP contribution in [-0.4, -0.2) is 42.9 Å². The number of amides is 1. The maximum absolute atomic E-state index is 11.8. The maximum Gasteiger partial charge on any atom is 0.226 e. The molecule has 1 saturated carbocycles. The number of carbonyl (C=O) groups excluding carboxylic acids is 1. The minimum Gasteiger partial charge on any atom is -0.354 e. The number of hydrogen-bond donors (Lipinski definition) is 1. The maximum atomic E-state index is 11.8. The number of carbonyl (C=O) groups is 1. The van der Waals surface area contributed by atoms with E-state index < -0.39 is 5.41 Å². The predicted molar refractivity (Wildman–Crippen MR) is 63.2 cm³/mol. The number of alkyl halides is 1. The van der Waals surface area contributed by atoms with Gasteiger partial charge in [-0.25, -0.2) is 0 Å². The third-order valence-electron chi connectivity index (χ3n) is 3.30. The van der Waals surface area contributed by atoms with Crippen LogP contribution in [0.25, 0.3) is 0 Å². The van der Waals surface area contributed by atoms with E-state index in [2.05, 4.69) is 24.3 Å². The van der Waals surface area contributed by atoms with Crippen LogP contribution in [0.15, 0.2) is 0 Å². The van der Waals surface area contributed by atoms with Gasteiger partial charge in [-0.15, -0.1) is 11.6 Å². The van der Waals surface area contributed by atoms with E-state index >= 15 is 0 Å². The summed E-state index contributed by atoms with van der Waals surface area (Å²) in [4.78, 5) is 14.0. The highest BCUT2D eigenvalue weighted by atomic mass is 35.5. The summed E-state index contributed by atoms with van der Waals surface area (Å²) in [6, 6.07) is 0. The van der Waals surface area contributed by atoms with E-state index in [1.54, 1.807) is 0 Å². The molecule has 88 valence electrons. The standard InChI is InChI=1S/C11H21ClN2O/c1-10(2,7-12)9(15)13-8-11(5-6-11)14(3)4/h5-8H2,1-4H3,(H,13,15). The molecule has 1 N–H and O–H groups in total. The lowest BCUT2D eigenvalue weighted by Crippen LogP contribution is -2.46. The topological polar surface area (TPSA) is 32.3 Å². The summed E-state index contributed by atoms with van der Waals surface area (Å²) in [6.45, 7) is 4.47. The van der Waals surface area contributed by atoms with Gasteiger partial charge in [-0.05, 0) is 40.8 Å². The normalized spacial score (nSPS) is 19.1. The second kappa shape index (κ2) is 4.30. The molecular formula is C11H21ClN2O. The van der Waals surface area contributed by atoms with E-state index in [-0.39, 0.29) is 11.4 Å². The van der Waals surface area contributed by atoms with Gasteiger partial charge in [0.15, 0.2) is 0 Å². The molecule has 0 aliphatic heterocycles. The lowest BCUT2D eigenvalue weighted by atomic mass is 9.95. The van der Waals surface area contributed by atoms with Crippen molar-refractivity contribution in [2.45, 2.75) is 32.2 Å². The highest BCUT2D eigenvalue weighted by Gasteiger charge is 2.45. The molecule has 0 aromatic heterocycles. The van der Waals surface area contributed by atoms with E-state index in [9.17, 15) is 4.79 Å². The van der Waals surface area contributed by atoms with Crippen molar-refractivity contribution in [1.29, 1.82) is 0 Å². The number of likely N-dealkylation sites (N-methyl/N-ethyl adjacent to an activating group) is 1. The van der Waals surface area contributed by atoms with E-state index in [0.29, 0.717) is 5.88 Å². The van der Waals surface area contributed by atoms with Crippen LogP contribution in [0.1, 0.15) is 26.7 Å². The second-order valence-corrected chi connectivity index (χ2v) is 5.59. The summed E-state index contributed by atoms with van der Waals surface area (Å²) in [5.74, 6) is 0.402. The van der Waals surface area contributed by atoms with Crippen LogP contribution in [0.4, 0.5) is 0 Å². The minimum atomic E-state index is -0.468. The Morgan fingerprint density at radius 3 is 2.33 bits per heavy atom. The predicted octanol–water partition coefficient (Wildman–Crippen LogP) is 1.46. The number of halogens is 1. The summed E-state index contributed by atoms with van der Waals surface area (Å²) in [5, 5.41) is 2.99. The van der Waals surface area contributed by atoms with Crippen LogP contribution in [0.2, 0.25) is 0 Å². The molecule has 15 heavy (non-hydrogen) atoms. The summed E-state index contributed by atoms with van der Waals surface area (Å²) < 4.78 is 0. The Bertz CT molecular complexity index is 247. The fraction of sp³-hybridized carbons (Fsp3) is 0.909. The van der Waals surface area contributed by atoms with Gasteiger partial charge in [0.2, 0.25) is 5.91 Å². The summed E-state index contributed by atoms with van der Waals surface area (Å²) in [7, 11) is 4.12. The third kappa shape index (κ3) is 2.85. The van der Waals surface area contributed by atoms with Crippen molar-refractivity contribution in [3.63, 3.8) is 0 Å². The van der Waals surface area contributed by atoms with Gasteiger partial charge in [-0.3, -0.25) is 4.79 Å². The molecule has 0 bridgehead atoms. The first kappa shape index (κ1) is 12.8. The Hall–Kier alpha value is -0.280. The molecule has 1 aliphatic carbocycles. The fourth-order valence-corrected chi connectivity index (χ4v) is 1.59. The van der Waals surface area contributed by atoms with E-state index in [4.69, 9.17) is 11.6 Å². The Labute approximate surface area is 97.2 Å². The molecule has 0 spiro atoms. The van der Waals surface area contributed by atoms with Crippen LogP contribution in [0.5, 0.6) is 0 Å². The Kier molecular flexibility index (Phi) is 3.67. The first-order valence-corrected chi connectivity index (χ1v) is 5.89. The van der Waals surface area contributed by atoms with Crippen molar-refractivity contribution in [3.05, 3.63) is 0 Å². The van der Waals surface area contributed by atoms with Crippen molar-refractivity contribution in [3.8, 4) is 0 Å². The van der Waals surface area contributed by atoms with Crippen LogP contribution < -0.4 is 5.32 Å². The Morgan fingerprint density at radius 2 is 2.00 bits per heavy atom. The second-order valence-electron chi connectivity index (χ2n) is 5.32. The summed E-state index contributed by atoms with van der Waals surface area (Å²) in [5.41, 5.74) is -0.262. The van der Waals surface area contributed by atoms with E-state index in [1.807, 2.05) is 13.8 Å². The highest BCUT2D eigenvalue weighted by Crippen LogP contribution is 2.39. The molecule has 0 aromatic carbocycles. The zero-order chi connectivity index (χ0) is 11.7. The van der Waals surface area contributed by atoms with Crippen molar-refractivity contribution in [2.75, 3.05) is 26.5 Å². The molecular weight excluding hydrogens is 212 g/mol. The zero-order valence-electron chi connectivity index (χ0n) is 10.1. The monoisotopic (exact) mass is 232 g/mol. The molecule has 0 atom stereocenters. The van der Waals surface area contributed by atoms with Crippen LogP contribution in [-0.2, 0) is 4.79 Å². The third-order valence-corrected chi connectivity index (χ3v) is 3.97. The van der Waals surface area contributed by atoms with Crippen molar-refractivity contribution < 1.29 is 4.79 Å². The van der Waals surface area contributed by atoms with Gasteiger partial charge in [-0.1, -0.05) is 0 Å². The molecule has 0 heterocycles. The first-order chi connectivity index (χ1) is 6.84. The molecule has 3 nitrogen and oxygen atoms in total. The number of rotatable bonds is 5. The highest BCUT2D eigenvalue weighted by molar-refractivity contribution is 6.19. The van der Waals surface area contributed by atoms with E-state index in [0.717, 1.165) is 6.54 Å². The van der Waals surface area contributed by atoms with Gasteiger partial charge >= 0.3 is 0 Å². The van der Waals surface area contributed by atoms with Gasteiger partial charge in [-0.2, -0.15) is 0 Å². The van der Waals surface area contributed by atoms with E-state index in [1.165, 1.54) is 12.8 Å². The SMILES string of the molecule is CN(C)C1(CNC(=O)C(C)(C)CCl)CC1. The Balaban J connectivity index is 2.41. The average Bonchev–Trinajstić information content (AvgIpc) is 2.95. The first-order valence-electron chi connectivity index (χ1n) is 5.36. The van der Waals surface area contributed by atoms with Gasteiger partial charge in [0.1, 0.15) is 0 Å². The molecule has 0 aromatic rings. The molecule has 1 amide bonds. The average molecular weight is 233 g/mol. The lowest BCUT2D eigenvalue weighted by Gasteiger charge is -2.27. The van der Waals surface area contributed by atoms with Crippen LogP contribution in [0, 0.1) is 5.41 Å². The van der Waals surface area contributed by atoms with Gasteiger partial charge < -0.3 is 10.2 Å². The largest absolute Gasteiger partial charge is 0.354 e. The van der Waals surface area contributed by atoms with Crippen molar-refractivity contribution in [2.24, 2.45) is 5.41 Å². The minimum absolute atomic E-state index is 0.0469. The van der Waals surface area contributed by atoms with Gasteiger partial charge in [0, 0.05) is 18.0 Å². The van der Waals surface area contributed by atoms with Gasteiger partial charge in [0.25, 0.3) is 0 Å². The number of nitrogens with one attached hydrogen (secondary N) is 1. The number of nitrogens with zero attached hydrogens (tertiary/aromatic N) is 1. The molecule has 1 rings (SSSR count). The fourth-order valence-electron chi connectivity index (χ4n) is 1.47. The van der Waals surface area contributed by atoms with Crippen LogP contribution in [0.3, 0.4) is 0 Å². The van der Waals surface area contributed by atoms with Crippen molar-refractivity contribution >= 4 is 17.5 Å². The quantitative estimate of drug-likeness (QED) is 0.728. The van der Waals surface area contributed by atoms with Gasteiger partial charge in [0.05, 0.1) is 5.41 Å². The number of hydrogen-bond acceptors (Lipinski definition) is 2. The molecule has 4 heteroatoms. The lowest BCUT2D eigenvalue weighted by molar-refractivity contribution is -0.128. The molecule has 0 radical (unpaired) electrons. The Morgan fingerprint density at radius 1 is 1.47 bits per heavy atom. The summed E-state index contributed by atoms with van der Waals surface area (Å²) >= 11 is 5.74. The zero-order valence-corrected chi connectivity index (χ0v) is 10.8. The van der Waals surface area contributed by atoms with Crippen LogP contribution >= 0.6 is 11.6 Å². The summed E-state index contributed by atoms with van der Waals surface area (Å²) in [6.07, 6.45) is 2.34. The smallest absolute Gasteiger partial charge is 0.226 e. The molecule has 1 aliphatic rings. The van der Waals surface area contributed by atoms with Crippen molar-refractivity contribution in [1.82, 2.24) is 10.2 Å².